The van der Waals surface area contributed by atoms with Crippen LogP contribution in [0.4, 0.5) is 0 Å². The van der Waals surface area contributed by atoms with E-state index in [4.69, 9.17) is 14.2 Å². The lowest BCUT2D eigenvalue weighted by atomic mass is 10.2. The number of carbonyl (C=O) groups is 3. The summed E-state index contributed by atoms with van der Waals surface area (Å²) in [5.74, 6) is -1.33. The molecule has 0 aliphatic rings. The van der Waals surface area contributed by atoms with Gasteiger partial charge >= 0.3 is 17.9 Å². The van der Waals surface area contributed by atoms with Gasteiger partial charge in [-0.1, -0.05) is 48.6 Å². The fourth-order valence-electron chi connectivity index (χ4n) is 2.19. The number of esters is 3. The van der Waals surface area contributed by atoms with Crippen LogP contribution in [0.1, 0.15) is 27.6 Å². The zero-order valence-electron chi connectivity index (χ0n) is 16.1. The van der Waals surface area contributed by atoms with Crippen molar-refractivity contribution >= 4 is 17.9 Å². The SMILES string of the molecule is CC(=O)OCC(=CC=CCOC(=O)c1ccccc1)COC(=O)c1ccccc1. The molecule has 0 spiro atoms. The van der Waals surface area contributed by atoms with Crippen LogP contribution in [0.5, 0.6) is 0 Å². The Bertz CT molecular complexity index is 869. The molecular formula is C23H22O6. The minimum Gasteiger partial charge on any atom is -0.461 e. The standard InChI is InChI=1S/C23H22O6/c1-18(24)28-16-19(17-29-23(26)21-13-6-3-7-14-21)10-8-9-15-27-22(25)20-11-4-2-5-12-20/h2-14H,15-17H2,1H3. The summed E-state index contributed by atoms with van der Waals surface area (Å²) >= 11 is 0. The molecule has 0 atom stereocenters. The number of hydrogen-bond acceptors (Lipinski definition) is 6. The quantitative estimate of drug-likeness (QED) is 0.366. The zero-order valence-corrected chi connectivity index (χ0v) is 16.1. The minimum atomic E-state index is -0.472. The molecule has 2 rings (SSSR count). The molecule has 0 radical (unpaired) electrons. The first-order chi connectivity index (χ1) is 14.1. The molecule has 0 unspecified atom stereocenters. The van der Waals surface area contributed by atoms with Crippen molar-refractivity contribution in [2.45, 2.75) is 6.92 Å². The van der Waals surface area contributed by atoms with E-state index in [1.807, 2.05) is 6.07 Å². The Labute approximate surface area is 169 Å². The van der Waals surface area contributed by atoms with Crippen LogP contribution in [-0.4, -0.2) is 37.7 Å². The normalized spacial score (nSPS) is 11.1. The van der Waals surface area contributed by atoms with E-state index in [-0.39, 0.29) is 19.8 Å². The van der Waals surface area contributed by atoms with Crippen LogP contribution in [0.2, 0.25) is 0 Å². The summed E-state index contributed by atoms with van der Waals surface area (Å²) in [5.41, 5.74) is 1.48. The Morgan fingerprint density at radius 2 is 1.28 bits per heavy atom. The highest BCUT2D eigenvalue weighted by atomic mass is 16.5. The summed E-state index contributed by atoms with van der Waals surface area (Å²) in [6.45, 7) is 1.34. The summed E-state index contributed by atoms with van der Waals surface area (Å²) in [7, 11) is 0. The largest absolute Gasteiger partial charge is 0.461 e. The second kappa shape index (κ2) is 11.9. The van der Waals surface area contributed by atoms with Gasteiger partial charge in [-0.2, -0.15) is 0 Å². The predicted octanol–water partition coefficient (Wildman–Crippen LogP) is 3.75. The van der Waals surface area contributed by atoms with Crippen LogP contribution in [0.25, 0.3) is 0 Å². The first-order valence-corrected chi connectivity index (χ1v) is 8.98. The number of ether oxygens (including phenoxy) is 3. The van der Waals surface area contributed by atoms with Crippen LogP contribution < -0.4 is 0 Å². The van der Waals surface area contributed by atoms with Crippen molar-refractivity contribution in [1.82, 2.24) is 0 Å². The van der Waals surface area contributed by atoms with Crippen LogP contribution >= 0.6 is 0 Å². The first-order valence-electron chi connectivity index (χ1n) is 8.98. The molecule has 0 amide bonds. The lowest BCUT2D eigenvalue weighted by Crippen LogP contribution is -2.12. The molecule has 150 valence electrons. The number of allylic oxidation sites excluding steroid dienone is 2. The van der Waals surface area contributed by atoms with Gasteiger partial charge < -0.3 is 14.2 Å². The maximum Gasteiger partial charge on any atom is 0.338 e. The summed E-state index contributed by atoms with van der Waals surface area (Å²) in [4.78, 5) is 34.9. The number of carbonyl (C=O) groups excluding carboxylic acids is 3. The lowest BCUT2D eigenvalue weighted by Gasteiger charge is -2.09. The second-order valence-electron chi connectivity index (χ2n) is 5.94. The molecule has 0 saturated heterocycles. The van der Waals surface area contributed by atoms with Crippen LogP contribution in [0.15, 0.2) is 84.5 Å². The highest BCUT2D eigenvalue weighted by Crippen LogP contribution is 2.05. The molecule has 0 aliphatic carbocycles. The molecule has 0 aromatic heterocycles. The molecule has 0 saturated carbocycles. The monoisotopic (exact) mass is 394 g/mol. The average molecular weight is 394 g/mol. The number of hydrogen-bond donors (Lipinski definition) is 0. The molecule has 0 bridgehead atoms. The van der Waals surface area contributed by atoms with Crippen molar-refractivity contribution in [3.05, 3.63) is 95.6 Å². The maximum atomic E-state index is 12.0. The van der Waals surface area contributed by atoms with Gasteiger partial charge in [0.05, 0.1) is 11.1 Å². The molecule has 2 aromatic rings. The van der Waals surface area contributed by atoms with Gasteiger partial charge in [-0.25, -0.2) is 9.59 Å². The van der Waals surface area contributed by atoms with E-state index in [1.165, 1.54) is 6.92 Å². The van der Waals surface area contributed by atoms with Crippen molar-refractivity contribution in [3.63, 3.8) is 0 Å². The van der Waals surface area contributed by atoms with Gasteiger partial charge in [-0.05, 0) is 30.3 Å². The van der Waals surface area contributed by atoms with Crippen molar-refractivity contribution < 1.29 is 28.6 Å². The van der Waals surface area contributed by atoms with Crippen molar-refractivity contribution in [2.24, 2.45) is 0 Å². The van der Waals surface area contributed by atoms with Crippen LogP contribution in [0, 0.1) is 0 Å². The Kier molecular flexibility index (Phi) is 8.89. The Morgan fingerprint density at radius 3 is 1.83 bits per heavy atom. The van der Waals surface area contributed by atoms with Crippen molar-refractivity contribution in [1.29, 1.82) is 0 Å². The molecular weight excluding hydrogens is 372 g/mol. The Morgan fingerprint density at radius 1 is 0.759 bits per heavy atom. The topological polar surface area (TPSA) is 78.9 Å². The number of benzene rings is 2. The summed E-state index contributed by atoms with van der Waals surface area (Å²) in [5, 5.41) is 0. The third-order valence-electron chi connectivity index (χ3n) is 3.65. The third kappa shape index (κ3) is 8.26. The van der Waals surface area contributed by atoms with Crippen LogP contribution in [-0.2, 0) is 19.0 Å². The van der Waals surface area contributed by atoms with Gasteiger partial charge in [0, 0.05) is 12.5 Å². The third-order valence-corrected chi connectivity index (χ3v) is 3.65. The first kappa shape index (κ1) is 21.6. The molecule has 6 heteroatoms. The highest BCUT2D eigenvalue weighted by molar-refractivity contribution is 5.89. The fourth-order valence-corrected chi connectivity index (χ4v) is 2.19. The van der Waals surface area contributed by atoms with Gasteiger partial charge in [0.1, 0.15) is 19.8 Å². The van der Waals surface area contributed by atoms with E-state index in [2.05, 4.69) is 0 Å². The van der Waals surface area contributed by atoms with Gasteiger partial charge in [0.2, 0.25) is 0 Å². The highest BCUT2D eigenvalue weighted by Gasteiger charge is 2.08. The predicted molar refractivity (Wildman–Crippen MR) is 107 cm³/mol. The molecule has 0 aliphatic heterocycles. The smallest absolute Gasteiger partial charge is 0.338 e. The molecule has 0 N–H and O–H groups in total. The van der Waals surface area contributed by atoms with Crippen LogP contribution in [0.3, 0.4) is 0 Å². The molecule has 0 heterocycles. The van der Waals surface area contributed by atoms with E-state index in [0.717, 1.165) is 0 Å². The van der Waals surface area contributed by atoms with Gasteiger partial charge in [-0.15, -0.1) is 0 Å². The van der Waals surface area contributed by atoms with E-state index in [1.54, 1.807) is 72.8 Å². The lowest BCUT2D eigenvalue weighted by molar-refractivity contribution is -0.140. The van der Waals surface area contributed by atoms with Gasteiger partial charge in [0.25, 0.3) is 0 Å². The molecule has 29 heavy (non-hydrogen) atoms. The van der Waals surface area contributed by atoms with E-state index in [0.29, 0.717) is 16.7 Å². The molecule has 6 nitrogen and oxygen atoms in total. The van der Waals surface area contributed by atoms with Crippen molar-refractivity contribution in [3.8, 4) is 0 Å². The average Bonchev–Trinajstić information content (AvgIpc) is 2.75. The summed E-state index contributed by atoms with van der Waals surface area (Å²) in [6.07, 6.45) is 4.93. The van der Waals surface area contributed by atoms with E-state index < -0.39 is 17.9 Å². The summed E-state index contributed by atoms with van der Waals surface area (Å²) < 4.78 is 15.4. The van der Waals surface area contributed by atoms with Crippen molar-refractivity contribution in [2.75, 3.05) is 19.8 Å². The molecule has 0 fully saturated rings. The Hall–Kier alpha value is -3.67. The Balaban J connectivity index is 1.87. The minimum absolute atomic E-state index is 0.00839. The van der Waals surface area contributed by atoms with Gasteiger partial charge in [-0.3, -0.25) is 4.79 Å². The maximum absolute atomic E-state index is 12.0. The second-order valence-corrected chi connectivity index (χ2v) is 5.94. The fraction of sp³-hybridized carbons (Fsp3) is 0.174. The summed E-state index contributed by atoms with van der Waals surface area (Å²) in [6, 6.07) is 17.3. The van der Waals surface area contributed by atoms with E-state index in [9.17, 15) is 14.4 Å². The number of rotatable bonds is 9. The zero-order chi connectivity index (χ0) is 20.9. The van der Waals surface area contributed by atoms with Gasteiger partial charge in [0.15, 0.2) is 0 Å². The van der Waals surface area contributed by atoms with E-state index >= 15 is 0 Å². The molecule has 2 aromatic carbocycles.